The van der Waals surface area contributed by atoms with Crippen LogP contribution in [0.2, 0.25) is 0 Å². The van der Waals surface area contributed by atoms with Crippen LogP contribution in [0.3, 0.4) is 0 Å². The number of hydrogen-bond acceptors (Lipinski definition) is 2. The van der Waals surface area contributed by atoms with Crippen molar-refractivity contribution >= 4 is 5.78 Å². The molecule has 1 aliphatic heterocycles. The van der Waals surface area contributed by atoms with Gasteiger partial charge in [0.25, 0.3) is 0 Å². The molecular weight excluding hydrogens is 270 g/mol. The quantitative estimate of drug-likeness (QED) is 0.842. The molecule has 22 heavy (non-hydrogen) atoms. The van der Waals surface area contributed by atoms with E-state index in [-0.39, 0.29) is 6.04 Å². The van der Waals surface area contributed by atoms with Gasteiger partial charge in [-0.2, -0.15) is 0 Å². The molecule has 0 amide bonds. The van der Waals surface area contributed by atoms with Crippen LogP contribution in [0, 0.1) is 0 Å². The van der Waals surface area contributed by atoms with E-state index in [1.807, 2.05) is 50.4 Å². The van der Waals surface area contributed by atoms with Gasteiger partial charge in [-0.05, 0) is 38.4 Å². The van der Waals surface area contributed by atoms with Crippen LogP contribution in [0.5, 0.6) is 0 Å². The fraction of sp³-hybridized carbons (Fsp3) is 0.350. The van der Waals surface area contributed by atoms with Gasteiger partial charge in [0.15, 0.2) is 5.78 Å². The molecule has 0 N–H and O–H groups in total. The van der Waals surface area contributed by atoms with E-state index in [4.69, 9.17) is 0 Å². The first-order valence-electron chi connectivity index (χ1n) is 7.94. The Balaban J connectivity index is 2.23. The minimum atomic E-state index is -0.534. The van der Waals surface area contributed by atoms with Crippen molar-refractivity contribution in [1.82, 2.24) is 4.90 Å². The number of ketones is 1. The van der Waals surface area contributed by atoms with E-state index in [1.54, 1.807) is 0 Å². The molecule has 0 aromatic heterocycles. The molecule has 0 unspecified atom stereocenters. The van der Waals surface area contributed by atoms with Crippen LogP contribution in [-0.4, -0.2) is 29.8 Å². The molecule has 2 heteroatoms. The molecule has 114 valence electrons. The summed E-state index contributed by atoms with van der Waals surface area (Å²) in [6, 6.07) is 20.8. The summed E-state index contributed by atoms with van der Waals surface area (Å²) in [5.74, 6) is 0.297. The van der Waals surface area contributed by atoms with Crippen molar-refractivity contribution < 1.29 is 4.79 Å². The fourth-order valence-electron chi connectivity index (χ4n) is 3.74. The number of likely N-dealkylation sites (tertiary alicyclic amines) is 1. The van der Waals surface area contributed by atoms with Gasteiger partial charge in [-0.1, -0.05) is 60.7 Å². The van der Waals surface area contributed by atoms with Crippen molar-refractivity contribution in [1.29, 1.82) is 0 Å². The Morgan fingerprint density at radius 3 is 1.82 bits per heavy atom. The number of Topliss-reactive ketones (excluding diaryl/α,β-unsaturated/α-hetero) is 1. The van der Waals surface area contributed by atoms with Crippen molar-refractivity contribution in [3.63, 3.8) is 0 Å². The van der Waals surface area contributed by atoms with Gasteiger partial charge in [0.2, 0.25) is 0 Å². The summed E-state index contributed by atoms with van der Waals surface area (Å²) in [6.07, 6.45) is 0.820. The second kappa shape index (κ2) is 5.69. The van der Waals surface area contributed by atoms with Crippen LogP contribution in [0.15, 0.2) is 60.7 Å². The summed E-state index contributed by atoms with van der Waals surface area (Å²) in [6.45, 7) is 4.24. The van der Waals surface area contributed by atoms with Gasteiger partial charge in [-0.25, -0.2) is 0 Å². The number of likely N-dealkylation sites (N-methyl/N-ethyl adjacent to an activating group) is 1. The number of rotatable bonds is 2. The molecule has 2 aromatic rings. The van der Waals surface area contributed by atoms with Gasteiger partial charge in [-0.3, -0.25) is 9.69 Å². The molecule has 0 radical (unpaired) electrons. The largest absolute Gasteiger partial charge is 0.297 e. The van der Waals surface area contributed by atoms with Crippen molar-refractivity contribution in [2.24, 2.45) is 0 Å². The minimum Gasteiger partial charge on any atom is -0.297 e. The summed E-state index contributed by atoms with van der Waals surface area (Å²) in [5, 5.41) is 0. The van der Waals surface area contributed by atoms with Crippen LogP contribution in [0.4, 0.5) is 0 Å². The molecule has 1 saturated heterocycles. The molecular formula is C20H23NO. The first-order chi connectivity index (χ1) is 10.6. The molecule has 1 heterocycles. The Morgan fingerprint density at radius 1 is 0.909 bits per heavy atom. The Kier molecular flexibility index (Phi) is 3.88. The van der Waals surface area contributed by atoms with Crippen molar-refractivity contribution in [2.75, 3.05) is 7.05 Å². The van der Waals surface area contributed by atoms with Crippen LogP contribution in [-0.2, 0) is 10.2 Å². The number of piperidine rings is 1. The predicted molar refractivity (Wildman–Crippen MR) is 90.0 cm³/mol. The fourth-order valence-corrected chi connectivity index (χ4v) is 3.74. The van der Waals surface area contributed by atoms with E-state index in [0.717, 1.165) is 17.5 Å². The molecule has 0 saturated carbocycles. The second-order valence-corrected chi connectivity index (χ2v) is 6.40. The van der Waals surface area contributed by atoms with Crippen LogP contribution >= 0.6 is 0 Å². The molecule has 2 aromatic carbocycles. The maximum Gasteiger partial charge on any atom is 0.164 e. The predicted octanol–water partition coefficient (Wildman–Crippen LogP) is 3.65. The number of benzene rings is 2. The zero-order valence-corrected chi connectivity index (χ0v) is 13.5. The number of carbonyl (C=O) groups is 1. The second-order valence-electron chi connectivity index (χ2n) is 6.40. The van der Waals surface area contributed by atoms with Gasteiger partial charge >= 0.3 is 0 Å². The molecule has 1 fully saturated rings. The van der Waals surface area contributed by atoms with Crippen molar-refractivity contribution in [3.05, 3.63) is 71.8 Å². The van der Waals surface area contributed by atoms with E-state index in [2.05, 4.69) is 36.1 Å². The Morgan fingerprint density at radius 2 is 1.36 bits per heavy atom. The maximum absolute atomic E-state index is 13.4. The highest BCUT2D eigenvalue weighted by Gasteiger charge is 2.49. The van der Waals surface area contributed by atoms with Crippen LogP contribution in [0.25, 0.3) is 0 Å². The smallest absolute Gasteiger partial charge is 0.164 e. The monoisotopic (exact) mass is 293 g/mol. The highest BCUT2D eigenvalue weighted by Crippen LogP contribution is 2.43. The topological polar surface area (TPSA) is 20.3 Å². The first kappa shape index (κ1) is 15.0. The SMILES string of the molecule is C[C@H]1CC(c2ccccc2)(c2ccccc2)C(=O)[C@H](C)N1C. The van der Waals surface area contributed by atoms with Crippen LogP contribution < -0.4 is 0 Å². The summed E-state index contributed by atoms with van der Waals surface area (Å²) < 4.78 is 0. The third kappa shape index (κ3) is 2.19. The summed E-state index contributed by atoms with van der Waals surface area (Å²) in [5.41, 5.74) is 1.68. The van der Waals surface area contributed by atoms with Gasteiger partial charge in [-0.15, -0.1) is 0 Å². The Labute approximate surface area is 132 Å². The molecule has 0 spiro atoms. The van der Waals surface area contributed by atoms with Gasteiger partial charge in [0, 0.05) is 6.04 Å². The zero-order chi connectivity index (χ0) is 15.7. The molecule has 2 atom stereocenters. The summed E-state index contributed by atoms with van der Waals surface area (Å²) in [4.78, 5) is 15.5. The Hall–Kier alpha value is -1.93. The molecule has 1 aliphatic rings. The zero-order valence-electron chi connectivity index (χ0n) is 13.5. The third-order valence-corrected chi connectivity index (χ3v) is 5.24. The average Bonchev–Trinajstić information content (AvgIpc) is 2.58. The normalized spacial score (nSPS) is 25.1. The highest BCUT2D eigenvalue weighted by molar-refractivity contribution is 5.98. The average molecular weight is 293 g/mol. The highest BCUT2D eigenvalue weighted by atomic mass is 16.1. The lowest BCUT2D eigenvalue weighted by Crippen LogP contribution is -2.58. The lowest BCUT2D eigenvalue weighted by Gasteiger charge is -2.47. The number of nitrogens with zero attached hydrogens (tertiary/aromatic N) is 1. The Bertz CT molecular complexity index is 610. The molecule has 0 aliphatic carbocycles. The van der Waals surface area contributed by atoms with Crippen molar-refractivity contribution in [3.8, 4) is 0 Å². The molecule has 2 nitrogen and oxygen atoms in total. The van der Waals surface area contributed by atoms with E-state index in [0.29, 0.717) is 11.8 Å². The standard InChI is InChI=1S/C20H23NO/c1-15-14-20(17-10-6-4-7-11-17,18-12-8-5-9-13-18)19(22)16(2)21(15)3/h4-13,15-16H,14H2,1-3H3/t15-,16-/m0/s1. The van der Waals surface area contributed by atoms with Gasteiger partial charge < -0.3 is 0 Å². The third-order valence-electron chi connectivity index (χ3n) is 5.24. The minimum absolute atomic E-state index is 0.0795. The van der Waals surface area contributed by atoms with Gasteiger partial charge in [0.05, 0.1) is 11.5 Å². The van der Waals surface area contributed by atoms with Crippen molar-refractivity contribution in [2.45, 2.75) is 37.8 Å². The number of carbonyl (C=O) groups excluding carboxylic acids is 1. The summed E-state index contributed by atoms with van der Waals surface area (Å²) >= 11 is 0. The first-order valence-corrected chi connectivity index (χ1v) is 7.94. The lowest BCUT2D eigenvalue weighted by molar-refractivity contribution is -0.132. The summed E-state index contributed by atoms with van der Waals surface area (Å²) in [7, 11) is 2.05. The van der Waals surface area contributed by atoms with E-state index >= 15 is 0 Å². The van der Waals surface area contributed by atoms with E-state index in [9.17, 15) is 4.79 Å². The maximum atomic E-state index is 13.4. The molecule has 0 bridgehead atoms. The molecule has 3 rings (SSSR count). The number of hydrogen-bond donors (Lipinski definition) is 0. The van der Waals surface area contributed by atoms with Crippen LogP contribution in [0.1, 0.15) is 31.4 Å². The van der Waals surface area contributed by atoms with E-state index in [1.165, 1.54) is 0 Å². The van der Waals surface area contributed by atoms with Gasteiger partial charge in [0.1, 0.15) is 0 Å². The lowest BCUT2D eigenvalue weighted by atomic mass is 9.63. The van der Waals surface area contributed by atoms with E-state index < -0.39 is 5.41 Å².